The fourth-order valence-corrected chi connectivity index (χ4v) is 5.61. The number of carbonyl (C=O) groups is 2. The first-order valence-electron chi connectivity index (χ1n) is 9.20. The molecule has 0 radical (unpaired) electrons. The van der Waals surface area contributed by atoms with E-state index in [0.717, 1.165) is 29.7 Å². The highest BCUT2D eigenvalue weighted by atomic mass is 32.2. The molecule has 4 nitrogen and oxygen atoms in total. The number of thiophene rings is 1. The number of esters is 1. The van der Waals surface area contributed by atoms with Gasteiger partial charge in [-0.25, -0.2) is 4.79 Å². The first-order valence-corrected chi connectivity index (χ1v) is 10.9. The number of hydrogen-bond acceptors (Lipinski definition) is 5. The largest absolute Gasteiger partial charge is 0.465 e. The first kappa shape index (κ1) is 20.0. The number of thioether (sulfide) groups is 1. The molecule has 1 heterocycles. The minimum absolute atomic E-state index is 0.196. The highest BCUT2D eigenvalue weighted by Gasteiger charge is 2.29. The number of hydrogen-bond donors (Lipinski definition) is 1. The van der Waals surface area contributed by atoms with E-state index in [-0.39, 0.29) is 11.9 Å². The molecule has 0 saturated heterocycles. The zero-order chi connectivity index (χ0) is 19.6. The molecule has 1 aromatic heterocycles. The molecular weight excluding hydrogens is 378 g/mol. The first-order chi connectivity index (χ1) is 12.9. The highest BCUT2D eigenvalue weighted by molar-refractivity contribution is 7.99. The molecule has 1 amide bonds. The van der Waals surface area contributed by atoms with E-state index in [2.05, 4.69) is 26.1 Å². The van der Waals surface area contributed by atoms with Gasteiger partial charge in [-0.1, -0.05) is 26.8 Å². The maximum Gasteiger partial charge on any atom is 0.341 e. The van der Waals surface area contributed by atoms with Crippen LogP contribution in [0.5, 0.6) is 0 Å². The van der Waals surface area contributed by atoms with Crippen molar-refractivity contribution >= 4 is 40.0 Å². The summed E-state index contributed by atoms with van der Waals surface area (Å²) in [5, 5.41) is 4.01. The predicted molar refractivity (Wildman–Crippen MR) is 112 cm³/mol. The van der Waals surface area contributed by atoms with Crippen molar-refractivity contribution in [1.29, 1.82) is 0 Å². The van der Waals surface area contributed by atoms with E-state index < -0.39 is 0 Å². The van der Waals surface area contributed by atoms with Crippen LogP contribution >= 0.6 is 23.1 Å². The molecule has 0 spiro atoms. The van der Waals surface area contributed by atoms with Gasteiger partial charge < -0.3 is 10.1 Å². The number of rotatable bonds is 5. The Morgan fingerprint density at radius 3 is 2.81 bits per heavy atom. The zero-order valence-corrected chi connectivity index (χ0v) is 17.8. The van der Waals surface area contributed by atoms with Gasteiger partial charge >= 0.3 is 5.97 Å². The Balaban J connectivity index is 1.89. The maximum atomic E-state index is 12.8. The molecule has 144 valence electrons. The molecule has 1 N–H and O–H groups in total. The molecule has 2 aromatic rings. The van der Waals surface area contributed by atoms with Crippen molar-refractivity contribution in [2.45, 2.75) is 50.2 Å². The summed E-state index contributed by atoms with van der Waals surface area (Å²) in [6.45, 7) is 6.46. The Kier molecular flexibility index (Phi) is 6.27. The smallest absolute Gasteiger partial charge is 0.341 e. The topological polar surface area (TPSA) is 55.4 Å². The highest BCUT2D eigenvalue weighted by Crippen LogP contribution is 2.40. The molecule has 1 aliphatic carbocycles. The van der Waals surface area contributed by atoms with Gasteiger partial charge in [-0.3, -0.25) is 4.79 Å². The third-order valence-corrected chi connectivity index (χ3v) is 6.76. The number of benzene rings is 1. The second kappa shape index (κ2) is 8.48. The minimum atomic E-state index is -0.374. The number of carbonyl (C=O) groups excluding carboxylic acids is 2. The number of fused-ring (bicyclic) bond motifs is 1. The van der Waals surface area contributed by atoms with E-state index in [1.54, 1.807) is 17.8 Å². The van der Waals surface area contributed by atoms with Crippen molar-refractivity contribution < 1.29 is 14.3 Å². The molecule has 27 heavy (non-hydrogen) atoms. The summed E-state index contributed by atoms with van der Waals surface area (Å²) in [6.07, 6.45) is 2.85. The molecule has 0 unspecified atom stereocenters. The van der Waals surface area contributed by atoms with E-state index in [0.29, 0.717) is 27.3 Å². The number of ether oxygens (including phenoxy) is 1. The van der Waals surface area contributed by atoms with Crippen molar-refractivity contribution in [3.63, 3.8) is 0 Å². The van der Waals surface area contributed by atoms with Crippen LogP contribution < -0.4 is 5.32 Å². The van der Waals surface area contributed by atoms with Gasteiger partial charge in [0.2, 0.25) is 0 Å². The third-order valence-electron chi connectivity index (χ3n) is 4.60. The van der Waals surface area contributed by atoms with Crippen molar-refractivity contribution in [3.8, 4) is 0 Å². The predicted octanol–water partition coefficient (Wildman–Crippen LogP) is 5.41. The summed E-state index contributed by atoms with van der Waals surface area (Å²) in [7, 11) is 1.38. The Bertz CT molecular complexity index is 857. The van der Waals surface area contributed by atoms with Gasteiger partial charge in [0.05, 0.1) is 12.7 Å². The van der Waals surface area contributed by atoms with Crippen molar-refractivity contribution in [2.75, 3.05) is 12.4 Å². The number of anilines is 1. The summed E-state index contributed by atoms with van der Waals surface area (Å²) in [5.41, 5.74) is 2.17. The Labute approximate surface area is 168 Å². The van der Waals surface area contributed by atoms with Crippen LogP contribution in [-0.2, 0) is 17.6 Å². The molecule has 3 rings (SSSR count). The lowest BCUT2D eigenvalue weighted by Gasteiger charge is -2.18. The Hall–Kier alpha value is -1.79. The zero-order valence-electron chi connectivity index (χ0n) is 16.1. The van der Waals surface area contributed by atoms with Crippen LogP contribution in [0.3, 0.4) is 0 Å². The summed E-state index contributed by atoms with van der Waals surface area (Å²) in [4.78, 5) is 27.4. The van der Waals surface area contributed by atoms with Crippen molar-refractivity contribution in [3.05, 3.63) is 45.8 Å². The van der Waals surface area contributed by atoms with Crippen LogP contribution in [0, 0.1) is 5.92 Å². The Morgan fingerprint density at radius 2 is 2.11 bits per heavy atom. The number of amides is 1. The summed E-state index contributed by atoms with van der Waals surface area (Å²) in [5.74, 6) is 0.0226. The lowest BCUT2D eigenvalue weighted by molar-refractivity contribution is 0.0601. The van der Waals surface area contributed by atoms with Crippen LogP contribution in [0.15, 0.2) is 29.2 Å². The molecule has 0 saturated carbocycles. The molecular formula is C21H25NO3S2. The van der Waals surface area contributed by atoms with E-state index in [4.69, 9.17) is 4.74 Å². The van der Waals surface area contributed by atoms with Crippen LogP contribution in [0.4, 0.5) is 5.00 Å². The van der Waals surface area contributed by atoms with Gasteiger partial charge in [0, 0.05) is 20.6 Å². The molecule has 0 fully saturated rings. The SMILES string of the molecule is COC(=O)c1c(NC(=O)c2cccc(SC(C)C)c2)sc2c1CC[C@@H](C)C2. The minimum Gasteiger partial charge on any atom is -0.465 e. The molecule has 0 bridgehead atoms. The van der Waals surface area contributed by atoms with Gasteiger partial charge in [0.1, 0.15) is 5.00 Å². The van der Waals surface area contributed by atoms with Gasteiger partial charge in [-0.05, 0) is 48.9 Å². The van der Waals surface area contributed by atoms with Crippen LogP contribution in [0.1, 0.15) is 58.3 Å². The van der Waals surface area contributed by atoms with Gasteiger partial charge in [-0.2, -0.15) is 0 Å². The quantitative estimate of drug-likeness (QED) is 0.535. The van der Waals surface area contributed by atoms with Crippen molar-refractivity contribution in [1.82, 2.24) is 0 Å². The molecule has 6 heteroatoms. The number of methoxy groups -OCH3 is 1. The third kappa shape index (κ3) is 4.55. The normalized spacial score (nSPS) is 16.1. The average molecular weight is 404 g/mol. The molecule has 1 aliphatic rings. The van der Waals surface area contributed by atoms with Gasteiger partial charge in [-0.15, -0.1) is 23.1 Å². The van der Waals surface area contributed by atoms with Gasteiger partial charge in [0.15, 0.2) is 0 Å². The standard InChI is InChI=1S/C21H25NO3S2/c1-12(2)26-15-7-5-6-14(11-15)19(23)22-20-18(21(24)25-4)16-9-8-13(3)10-17(16)27-20/h5-7,11-13H,8-10H2,1-4H3,(H,22,23)/t13-/m1/s1. The van der Waals surface area contributed by atoms with Gasteiger partial charge in [0.25, 0.3) is 5.91 Å². The monoisotopic (exact) mass is 403 g/mol. The average Bonchev–Trinajstić information content (AvgIpc) is 2.97. The summed E-state index contributed by atoms with van der Waals surface area (Å²) >= 11 is 3.23. The van der Waals surface area contributed by atoms with Crippen molar-refractivity contribution in [2.24, 2.45) is 5.92 Å². The summed E-state index contributed by atoms with van der Waals surface area (Å²) in [6, 6.07) is 7.59. The fourth-order valence-electron chi connectivity index (χ4n) is 3.31. The second-order valence-corrected chi connectivity index (χ2v) is 9.95. The Morgan fingerprint density at radius 1 is 1.33 bits per heavy atom. The van der Waals surface area contributed by atoms with E-state index >= 15 is 0 Å². The maximum absolute atomic E-state index is 12.8. The summed E-state index contributed by atoms with van der Waals surface area (Å²) < 4.78 is 4.99. The number of nitrogens with one attached hydrogen (secondary N) is 1. The lowest BCUT2D eigenvalue weighted by atomic mass is 9.88. The fraction of sp³-hybridized carbons (Fsp3) is 0.429. The molecule has 0 aliphatic heterocycles. The van der Waals surface area contributed by atoms with Crippen LogP contribution in [-0.4, -0.2) is 24.2 Å². The van der Waals surface area contributed by atoms with Crippen LogP contribution in [0.2, 0.25) is 0 Å². The lowest BCUT2D eigenvalue weighted by Crippen LogP contribution is -2.16. The van der Waals surface area contributed by atoms with E-state index in [1.807, 2.05) is 18.2 Å². The second-order valence-electron chi connectivity index (χ2n) is 7.20. The molecule has 1 aromatic carbocycles. The molecule has 1 atom stereocenters. The van der Waals surface area contributed by atoms with Crippen LogP contribution in [0.25, 0.3) is 0 Å². The van der Waals surface area contributed by atoms with E-state index in [9.17, 15) is 9.59 Å². The van der Waals surface area contributed by atoms with E-state index in [1.165, 1.54) is 23.3 Å².